The van der Waals surface area contributed by atoms with Crippen LogP contribution in [0, 0.1) is 22.7 Å². The van der Waals surface area contributed by atoms with E-state index in [0.29, 0.717) is 17.0 Å². The number of nitriles is 2. The average Bonchev–Trinajstić information content (AvgIpc) is 3.36. The summed E-state index contributed by atoms with van der Waals surface area (Å²) in [5.41, 5.74) is 8.63. The van der Waals surface area contributed by atoms with Gasteiger partial charge in [-0.1, -0.05) is 49.9 Å². The Labute approximate surface area is 213 Å². The summed E-state index contributed by atoms with van der Waals surface area (Å²) in [5, 5.41) is 38.4. The van der Waals surface area contributed by atoms with Crippen LogP contribution in [0.15, 0.2) is 45.0 Å². The fourth-order valence-electron chi connectivity index (χ4n) is 4.01. The van der Waals surface area contributed by atoms with E-state index in [-0.39, 0.29) is 33.6 Å². The van der Waals surface area contributed by atoms with Gasteiger partial charge in [0.1, 0.15) is 28.5 Å². The molecule has 2 aromatic heterocycles. The zero-order valence-corrected chi connectivity index (χ0v) is 21.0. The third kappa shape index (κ3) is 5.42. The van der Waals surface area contributed by atoms with Crippen molar-refractivity contribution in [1.29, 1.82) is 10.5 Å². The van der Waals surface area contributed by atoms with Crippen molar-refractivity contribution in [1.82, 2.24) is 10.3 Å². The monoisotopic (exact) mass is 502 g/mol. The lowest BCUT2D eigenvalue weighted by Crippen LogP contribution is -2.60. The number of benzene rings is 1. The van der Waals surface area contributed by atoms with E-state index in [1.807, 2.05) is 29.3 Å². The summed E-state index contributed by atoms with van der Waals surface area (Å²) in [5.74, 6) is -0.122. The van der Waals surface area contributed by atoms with Crippen LogP contribution in [0.25, 0.3) is 11.1 Å². The van der Waals surface area contributed by atoms with Gasteiger partial charge in [-0.15, -0.1) is 0 Å². The Bertz CT molecular complexity index is 1350. The summed E-state index contributed by atoms with van der Waals surface area (Å²) >= 11 is 1.04. The number of piperidine rings is 1. The number of rotatable bonds is 7. The van der Waals surface area contributed by atoms with Crippen molar-refractivity contribution in [3.05, 3.63) is 47.2 Å². The molecule has 36 heavy (non-hydrogen) atoms. The molecule has 3 aromatic rings. The van der Waals surface area contributed by atoms with Crippen LogP contribution in [0.3, 0.4) is 0 Å². The molecule has 0 atom stereocenters. The molecular formula is C25H26N8O2S. The Morgan fingerprint density at radius 2 is 1.89 bits per heavy atom. The zero-order chi connectivity index (χ0) is 25.7. The number of aromatic nitrogens is 3. The number of anilines is 1. The third-order valence-electron chi connectivity index (χ3n) is 5.92. The first-order valence-electron chi connectivity index (χ1n) is 11.7. The molecule has 1 aliphatic rings. The highest BCUT2D eigenvalue weighted by Gasteiger charge is 2.23. The van der Waals surface area contributed by atoms with Crippen LogP contribution in [0.1, 0.15) is 55.7 Å². The molecule has 1 aromatic carbocycles. The Morgan fingerprint density at radius 1 is 1.19 bits per heavy atom. The average molecular weight is 503 g/mol. The quantitative estimate of drug-likeness (QED) is 0.222. The Morgan fingerprint density at radius 3 is 2.53 bits per heavy atom. The molecule has 1 fully saturated rings. The van der Waals surface area contributed by atoms with Crippen molar-refractivity contribution < 1.29 is 14.4 Å². The van der Waals surface area contributed by atoms with Crippen LogP contribution in [0.2, 0.25) is 0 Å². The number of nitrogen functional groups attached to an aromatic ring is 1. The molecule has 0 spiro atoms. The largest absolute Gasteiger partial charge is 0.861 e. The number of nitrogens with two attached hydrogens (primary N) is 1. The lowest BCUT2D eigenvalue weighted by atomic mass is 9.94. The molecule has 10 nitrogen and oxygen atoms in total. The SMILES string of the molecule is CC(C)c1ccc(-c2c(C#N)c(N)nc(SC/C([O-])=N/c3c[n+](N4CCCCC4)no3)c2C#N)cc1. The van der Waals surface area contributed by atoms with E-state index < -0.39 is 5.90 Å². The number of thioether (sulfide) groups is 1. The van der Waals surface area contributed by atoms with Crippen LogP contribution in [-0.2, 0) is 0 Å². The van der Waals surface area contributed by atoms with Gasteiger partial charge in [0.25, 0.3) is 6.20 Å². The number of nitrogens with zero attached hydrogens (tertiary/aromatic N) is 7. The Kier molecular flexibility index (Phi) is 7.71. The molecule has 0 aliphatic carbocycles. The van der Waals surface area contributed by atoms with Gasteiger partial charge >= 0.3 is 5.88 Å². The number of hydrogen-bond donors (Lipinski definition) is 1. The van der Waals surface area contributed by atoms with E-state index in [1.165, 1.54) is 6.42 Å². The summed E-state index contributed by atoms with van der Waals surface area (Å²) < 4.78 is 5.19. The number of hydrogen-bond acceptors (Lipinski definition) is 10. The van der Waals surface area contributed by atoms with Gasteiger partial charge in [0.2, 0.25) is 5.27 Å². The minimum atomic E-state index is -0.474. The second kappa shape index (κ2) is 11.1. The minimum Gasteiger partial charge on any atom is -0.861 e. The van der Waals surface area contributed by atoms with Gasteiger partial charge in [-0.3, -0.25) is 4.52 Å². The first-order chi connectivity index (χ1) is 17.4. The first-order valence-corrected chi connectivity index (χ1v) is 12.6. The van der Waals surface area contributed by atoms with Crippen LogP contribution in [0.4, 0.5) is 11.7 Å². The fraction of sp³-hybridized carbons (Fsp3) is 0.360. The molecule has 0 radical (unpaired) electrons. The normalized spacial score (nSPS) is 14.0. The second-order valence-corrected chi connectivity index (χ2v) is 9.66. The molecule has 0 bridgehead atoms. The maximum Gasteiger partial charge on any atom is 0.324 e. The van der Waals surface area contributed by atoms with E-state index in [0.717, 1.165) is 43.3 Å². The molecule has 184 valence electrons. The van der Waals surface area contributed by atoms with Gasteiger partial charge in [-0.2, -0.15) is 15.5 Å². The van der Waals surface area contributed by atoms with Crippen LogP contribution >= 0.6 is 11.8 Å². The second-order valence-electron chi connectivity index (χ2n) is 8.70. The minimum absolute atomic E-state index is 0.00383. The highest BCUT2D eigenvalue weighted by atomic mass is 32.2. The van der Waals surface area contributed by atoms with Crippen molar-refractivity contribution in [2.45, 2.75) is 44.1 Å². The first kappa shape index (κ1) is 25.0. The van der Waals surface area contributed by atoms with E-state index in [9.17, 15) is 15.6 Å². The molecular weight excluding hydrogens is 476 g/mol. The van der Waals surface area contributed by atoms with Gasteiger partial charge in [0.05, 0.1) is 23.4 Å². The Hall–Kier alpha value is -4.09. The van der Waals surface area contributed by atoms with E-state index >= 15 is 0 Å². The summed E-state index contributed by atoms with van der Waals surface area (Å²) in [6, 6.07) is 11.9. The number of aliphatic imine (C=N–C) groups is 1. The van der Waals surface area contributed by atoms with Crippen LogP contribution in [-0.4, -0.2) is 35.0 Å². The van der Waals surface area contributed by atoms with Gasteiger partial charge in [0, 0.05) is 11.3 Å². The summed E-state index contributed by atoms with van der Waals surface area (Å²) in [6.45, 7) is 5.91. The fourth-order valence-corrected chi connectivity index (χ4v) is 4.79. The topological polar surface area (TPSA) is 155 Å². The predicted octanol–water partition coefficient (Wildman–Crippen LogP) is 2.78. The molecule has 0 unspecified atom stereocenters. The molecule has 1 aliphatic heterocycles. The molecule has 2 N–H and O–H groups in total. The van der Waals surface area contributed by atoms with E-state index in [1.54, 1.807) is 11.0 Å². The van der Waals surface area contributed by atoms with Crippen molar-refractivity contribution in [3.63, 3.8) is 0 Å². The van der Waals surface area contributed by atoms with Crippen molar-refractivity contribution in [2.24, 2.45) is 4.99 Å². The van der Waals surface area contributed by atoms with Crippen molar-refractivity contribution in [3.8, 4) is 23.3 Å². The maximum absolute atomic E-state index is 12.5. The summed E-state index contributed by atoms with van der Waals surface area (Å²) in [6.07, 6.45) is 4.91. The van der Waals surface area contributed by atoms with E-state index in [4.69, 9.17) is 10.3 Å². The molecule has 4 rings (SSSR count). The maximum atomic E-state index is 12.5. The Balaban J connectivity index is 1.58. The molecule has 3 heterocycles. The van der Waals surface area contributed by atoms with E-state index in [2.05, 4.69) is 41.2 Å². The van der Waals surface area contributed by atoms with Crippen LogP contribution < -0.4 is 20.6 Å². The van der Waals surface area contributed by atoms with Gasteiger partial charge < -0.3 is 10.8 Å². The molecule has 0 saturated carbocycles. The highest BCUT2D eigenvalue weighted by molar-refractivity contribution is 8.00. The molecule has 0 amide bonds. The van der Waals surface area contributed by atoms with Gasteiger partial charge in [-0.05, 0) is 42.2 Å². The lowest BCUT2D eigenvalue weighted by molar-refractivity contribution is -0.759. The van der Waals surface area contributed by atoms with Gasteiger partial charge in [0.15, 0.2) is 0 Å². The van der Waals surface area contributed by atoms with Crippen molar-refractivity contribution >= 4 is 29.4 Å². The molecule has 11 heteroatoms. The number of pyridine rings is 1. The summed E-state index contributed by atoms with van der Waals surface area (Å²) in [7, 11) is 0. The van der Waals surface area contributed by atoms with Crippen molar-refractivity contribution in [2.75, 3.05) is 29.6 Å². The summed E-state index contributed by atoms with van der Waals surface area (Å²) in [4.78, 5) is 9.80. The lowest BCUT2D eigenvalue weighted by Gasteiger charge is -2.17. The third-order valence-corrected chi connectivity index (χ3v) is 6.88. The van der Waals surface area contributed by atoms with Gasteiger partial charge in [-0.25, -0.2) is 9.98 Å². The predicted molar refractivity (Wildman–Crippen MR) is 134 cm³/mol. The smallest absolute Gasteiger partial charge is 0.324 e. The standard InChI is InChI=1S/C25H26N8O2S/c1-16(2)17-6-8-18(9-7-17)23-19(12-26)24(28)30-25(20(23)13-27)36-15-21(34)29-22-14-33(31-35-22)32-10-4-3-5-11-32/h6-9,14,16H,3-5,10-11,15H2,1-2H3,(H2-,28,29,30,31,34). The zero-order valence-electron chi connectivity index (χ0n) is 20.1. The highest BCUT2D eigenvalue weighted by Crippen LogP contribution is 2.36. The van der Waals surface area contributed by atoms with Crippen LogP contribution in [0.5, 0.6) is 0 Å². The molecule has 1 saturated heterocycles.